The molecule has 3 N–H and O–H groups in total. The molecule has 1 heterocycles. The molecular formula is C13H27N5. The zero-order valence-corrected chi connectivity index (χ0v) is 11.9. The minimum Gasteiger partial charge on any atom is -0.372 e. The van der Waals surface area contributed by atoms with Crippen molar-refractivity contribution in [3.05, 3.63) is 11.9 Å². The van der Waals surface area contributed by atoms with E-state index in [0.29, 0.717) is 0 Å². The van der Waals surface area contributed by atoms with Crippen LogP contribution in [0.15, 0.2) is 16.9 Å². The van der Waals surface area contributed by atoms with E-state index in [-0.39, 0.29) is 6.29 Å². The van der Waals surface area contributed by atoms with Gasteiger partial charge in [-0.25, -0.2) is 0 Å². The second kappa shape index (κ2) is 8.94. The Balaban J connectivity index is 2.15. The first-order chi connectivity index (χ1) is 8.72. The van der Waals surface area contributed by atoms with Gasteiger partial charge in [-0.3, -0.25) is 10.3 Å². The van der Waals surface area contributed by atoms with Crippen LogP contribution in [0.4, 0.5) is 0 Å². The molecule has 0 amide bonds. The number of rotatable bonds is 9. The van der Waals surface area contributed by atoms with E-state index in [9.17, 15) is 0 Å². The number of hydrogen-bond acceptors (Lipinski definition) is 5. The maximum atomic E-state index is 4.34. The first kappa shape index (κ1) is 15.0. The Morgan fingerprint density at radius 3 is 2.89 bits per heavy atom. The highest BCUT2D eigenvalue weighted by Crippen LogP contribution is 1.95. The molecule has 0 saturated carbocycles. The molecule has 0 fully saturated rings. The van der Waals surface area contributed by atoms with Crippen LogP contribution in [0, 0.1) is 0 Å². The molecule has 0 bridgehead atoms. The van der Waals surface area contributed by atoms with Crippen molar-refractivity contribution in [1.82, 2.24) is 20.9 Å². The Labute approximate surface area is 111 Å². The van der Waals surface area contributed by atoms with Crippen LogP contribution < -0.4 is 16.0 Å². The summed E-state index contributed by atoms with van der Waals surface area (Å²) in [4.78, 5) is 6.53. The SMILES string of the molecule is CCCCNC1N=CC=C(NCCCN(C)C)N1. The standard InChI is InChI=1S/C13H27N5/c1-4-5-8-15-13-16-10-7-12(17-13)14-9-6-11-18(2)3/h7,10,13-15,17H,4-6,8-9,11H2,1-3H3. The van der Waals surface area contributed by atoms with Crippen LogP contribution in [-0.4, -0.2) is 51.1 Å². The molecule has 1 aliphatic heterocycles. The van der Waals surface area contributed by atoms with E-state index in [4.69, 9.17) is 0 Å². The molecule has 18 heavy (non-hydrogen) atoms. The molecule has 1 unspecified atom stereocenters. The average Bonchev–Trinajstić information content (AvgIpc) is 2.35. The molecule has 104 valence electrons. The zero-order valence-electron chi connectivity index (χ0n) is 11.9. The zero-order chi connectivity index (χ0) is 13.2. The molecule has 1 atom stereocenters. The van der Waals surface area contributed by atoms with Crippen LogP contribution in [0.25, 0.3) is 0 Å². The van der Waals surface area contributed by atoms with Gasteiger partial charge in [0.1, 0.15) is 5.82 Å². The monoisotopic (exact) mass is 253 g/mol. The van der Waals surface area contributed by atoms with E-state index in [1.807, 2.05) is 12.3 Å². The van der Waals surface area contributed by atoms with Crippen molar-refractivity contribution in [2.45, 2.75) is 32.5 Å². The van der Waals surface area contributed by atoms with E-state index in [2.05, 4.69) is 46.9 Å². The van der Waals surface area contributed by atoms with Gasteiger partial charge in [0.15, 0.2) is 6.29 Å². The van der Waals surface area contributed by atoms with Gasteiger partial charge in [-0.2, -0.15) is 0 Å². The summed E-state index contributed by atoms with van der Waals surface area (Å²) < 4.78 is 0. The topological polar surface area (TPSA) is 51.7 Å². The molecule has 5 nitrogen and oxygen atoms in total. The normalized spacial score (nSPS) is 18.7. The summed E-state index contributed by atoms with van der Waals surface area (Å²) in [6.07, 6.45) is 7.37. The highest BCUT2D eigenvalue weighted by molar-refractivity contribution is 5.73. The van der Waals surface area contributed by atoms with Gasteiger partial charge in [-0.1, -0.05) is 13.3 Å². The smallest absolute Gasteiger partial charge is 0.174 e. The second-order valence-electron chi connectivity index (χ2n) is 4.82. The van der Waals surface area contributed by atoms with Crippen LogP contribution in [0.5, 0.6) is 0 Å². The summed E-state index contributed by atoms with van der Waals surface area (Å²) in [7, 11) is 4.19. The predicted octanol–water partition coefficient (Wildman–Crippen LogP) is 0.716. The third-order valence-corrected chi connectivity index (χ3v) is 2.73. The fraction of sp³-hybridized carbons (Fsp3) is 0.769. The summed E-state index contributed by atoms with van der Waals surface area (Å²) in [5.74, 6) is 1.05. The maximum Gasteiger partial charge on any atom is 0.174 e. The molecule has 0 aromatic heterocycles. The Bertz CT molecular complexity index is 273. The van der Waals surface area contributed by atoms with E-state index in [1.54, 1.807) is 0 Å². The highest BCUT2D eigenvalue weighted by atomic mass is 15.3. The van der Waals surface area contributed by atoms with Gasteiger partial charge in [0.05, 0.1) is 0 Å². The van der Waals surface area contributed by atoms with Crippen molar-refractivity contribution in [3.63, 3.8) is 0 Å². The number of hydrogen-bond donors (Lipinski definition) is 3. The molecular weight excluding hydrogens is 226 g/mol. The van der Waals surface area contributed by atoms with Gasteiger partial charge in [0.2, 0.25) is 0 Å². The van der Waals surface area contributed by atoms with E-state index < -0.39 is 0 Å². The lowest BCUT2D eigenvalue weighted by atomic mass is 10.3. The molecule has 0 spiro atoms. The summed E-state index contributed by atoms with van der Waals surface area (Å²) in [6, 6.07) is 0. The van der Waals surface area contributed by atoms with Crippen LogP contribution >= 0.6 is 0 Å². The third kappa shape index (κ3) is 6.61. The third-order valence-electron chi connectivity index (χ3n) is 2.73. The lowest BCUT2D eigenvalue weighted by Gasteiger charge is -2.23. The summed E-state index contributed by atoms with van der Waals surface area (Å²) in [5.41, 5.74) is 0. The average molecular weight is 253 g/mol. The van der Waals surface area contributed by atoms with Crippen LogP contribution in [0.2, 0.25) is 0 Å². The van der Waals surface area contributed by atoms with Gasteiger partial charge in [-0.15, -0.1) is 0 Å². The lowest BCUT2D eigenvalue weighted by molar-refractivity contribution is 0.393. The van der Waals surface area contributed by atoms with E-state index in [1.165, 1.54) is 12.8 Å². The van der Waals surface area contributed by atoms with E-state index >= 15 is 0 Å². The molecule has 0 aliphatic carbocycles. The summed E-state index contributed by atoms with van der Waals surface area (Å²) >= 11 is 0. The Hall–Kier alpha value is -1.07. The lowest BCUT2D eigenvalue weighted by Crippen LogP contribution is -2.45. The second-order valence-corrected chi connectivity index (χ2v) is 4.82. The molecule has 5 heteroatoms. The predicted molar refractivity (Wildman–Crippen MR) is 77.6 cm³/mol. The van der Waals surface area contributed by atoms with Crippen LogP contribution in [-0.2, 0) is 0 Å². The first-order valence-corrected chi connectivity index (χ1v) is 6.84. The molecule has 1 aliphatic rings. The Morgan fingerprint density at radius 1 is 1.33 bits per heavy atom. The van der Waals surface area contributed by atoms with Crippen molar-refractivity contribution in [3.8, 4) is 0 Å². The fourth-order valence-corrected chi connectivity index (χ4v) is 1.68. The quantitative estimate of drug-likeness (QED) is 0.530. The van der Waals surface area contributed by atoms with Crippen molar-refractivity contribution in [1.29, 1.82) is 0 Å². The van der Waals surface area contributed by atoms with Crippen LogP contribution in [0.1, 0.15) is 26.2 Å². The number of aliphatic imine (C=N–C) groups is 1. The van der Waals surface area contributed by atoms with Gasteiger partial charge in [0.25, 0.3) is 0 Å². The Kier molecular flexibility index (Phi) is 7.44. The fourth-order valence-electron chi connectivity index (χ4n) is 1.68. The van der Waals surface area contributed by atoms with Crippen molar-refractivity contribution in [2.75, 3.05) is 33.7 Å². The van der Waals surface area contributed by atoms with Gasteiger partial charge in [-0.05, 0) is 46.1 Å². The van der Waals surface area contributed by atoms with Crippen molar-refractivity contribution in [2.24, 2.45) is 4.99 Å². The number of allylic oxidation sites excluding steroid dienone is 1. The van der Waals surface area contributed by atoms with Crippen molar-refractivity contribution < 1.29 is 0 Å². The minimum absolute atomic E-state index is 0.0119. The number of nitrogens with zero attached hydrogens (tertiary/aromatic N) is 2. The van der Waals surface area contributed by atoms with Crippen molar-refractivity contribution >= 4 is 6.21 Å². The van der Waals surface area contributed by atoms with Gasteiger partial charge < -0.3 is 15.5 Å². The van der Waals surface area contributed by atoms with Gasteiger partial charge >= 0.3 is 0 Å². The molecule has 0 aromatic carbocycles. The van der Waals surface area contributed by atoms with Crippen LogP contribution in [0.3, 0.4) is 0 Å². The first-order valence-electron chi connectivity index (χ1n) is 6.84. The highest BCUT2D eigenvalue weighted by Gasteiger charge is 2.08. The largest absolute Gasteiger partial charge is 0.372 e. The Morgan fingerprint density at radius 2 is 2.17 bits per heavy atom. The minimum atomic E-state index is 0.0119. The van der Waals surface area contributed by atoms with Gasteiger partial charge in [0, 0.05) is 12.8 Å². The molecule has 1 rings (SSSR count). The number of unbranched alkanes of at least 4 members (excludes halogenated alkanes) is 1. The molecule has 0 saturated heterocycles. The number of nitrogens with one attached hydrogen (secondary N) is 3. The molecule has 0 radical (unpaired) electrons. The molecule has 0 aromatic rings. The summed E-state index contributed by atoms with van der Waals surface area (Å²) in [5, 5.41) is 10.1. The van der Waals surface area contributed by atoms with E-state index in [0.717, 1.165) is 31.9 Å². The summed E-state index contributed by atoms with van der Waals surface area (Å²) in [6.45, 7) is 5.27. The maximum absolute atomic E-state index is 4.34.